The Hall–Kier alpha value is -3.14. The first-order valence-electron chi connectivity index (χ1n) is 9.75. The van der Waals surface area contributed by atoms with Gasteiger partial charge in [-0.2, -0.15) is 0 Å². The quantitative estimate of drug-likeness (QED) is 0.691. The van der Waals surface area contributed by atoms with Crippen LogP contribution in [0, 0.1) is 0 Å². The summed E-state index contributed by atoms with van der Waals surface area (Å²) in [5, 5.41) is 8.21. The molecule has 5 heterocycles. The van der Waals surface area contributed by atoms with Gasteiger partial charge in [-0.25, -0.2) is 23.4 Å². The maximum atomic E-state index is 13.9. The van der Waals surface area contributed by atoms with Crippen molar-refractivity contribution in [3.05, 3.63) is 36.2 Å². The number of alkyl halides is 2. The third-order valence-corrected chi connectivity index (χ3v) is 5.45. The van der Waals surface area contributed by atoms with Crippen LogP contribution in [0.2, 0.25) is 0 Å². The molecule has 0 aliphatic carbocycles. The zero-order chi connectivity index (χ0) is 20.8. The van der Waals surface area contributed by atoms with Crippen LogP contribution in [0.3, 0.4) is 0 Å². The summed E-state index contributed by atoms with van der Waals surface area (Å²) in [6.07, 6.45) is 0.990. The van der Waals surface area contributed by atoms with Crippen molar-refractivity contribution < 1.29 is 18.3 Å². The van der Waals surface area contributed by atoms with Gasteiger partial charge in [0, 0.05) is 25.7 Å². The number of anilines is 2. The van der Waals surface area contributed by atoms with E-state index < -0.39 is 12.8 Å². The lowest BCUT2D eigenvalue weighted by molar-refractivity contribution is -0.114. The first kappa shape index (κ1) is 18.9. The zero-order valence-corrected chi connectivity index (χ0v) is 16.3. The second-order valence-corrected chi connectivity index (χ2v) is 7.54. The molecule has 3 aromatic rings. The van der Waals surface area contributed by atoms with Gasteiger partial charge in [0.15, 0.2) is 17.8 Å². The van der Waals surface area contributed by atoms with Gasteiger partial charge in [-0.15, -0.1) is 5.10 Å². The van der Waals surface area contributed by atoms with Gasteiger partial charge in [0.2, 0.25) is 5.91 Å². The van der Waals surface area contributed by atoms with Gasteiger partial charge in [0.1, 0.15) is 12.5 Å². The van der Waals surface area contributed by atoms with Crippen LogP contribution < -0.4 is 10.2 Å². The number of carbonyl (C=O) groups is 1. The summed E-state index contributed by atoms with van der Waals surface area (Å²) in [5.74, 6) is 1.22. The summed E-state index contributed by atoms with van der Waals surface area (Å²) in [4.78, 5) is 22.3. The Kier molecular flexibility index (Phi) is 4.58. The van der Waals surface area contributed by atoms with Gasteiger partial charge < -0.3 is 15.0 Å². The predicted molar refractivity (Wildman–Crippen MR) is 106 cm³/mol. The van der Waals surface area contributed by atoms with Gasteiger partial charge in [0.05, 0.1) is 35.3 Å². The number of ether oxygens (including phenoxy) is 1. The Labute approximate surface area is 170 Å². The summed E-state index contributed by atoms with van der Waals surface area (Å²) in [6.45, 7) is 1.63. The van der Waals surface area contributed by atoms with Crippen molar-refractivity contribution in [3.8, 4) is 5.82 Å². The smallest absolute Gasteiger partial charge is 0.222 e. The molecule has 2 saturated heterocycles. The van der Waals surface area contributed by atoms with Crippen molar-refractivity contribution in [2.45, 2.75) is 31.7 Å². The molecule has 30 heavy (non-hydrogen) atoms. The maximum absolute atomic E-state index is 13.9. The van der Waals surface area contributed by atoms with E-state index in [9.17, 15) is 13.6 Å². The van der Waals surface area contributed by atoms with Crippen molar-refractivity contribution in [2.75, 3.05) is 30.0 Å². The lowest BCUT2D eigenvalue weighted by Crippen LogP contribution is -2.37. The number of nitrogens with zero attached hydrogens (tertiary/aromatic N) is 5. The summed E-state index contributed by atoms with van der Waals surface area (Å²) < 4.78 is 34.0. The molecular weight excluding hydrogens is 394 g/mol. The molecule has 2 bridgehead atoms. The lowest BCUT2D eigenvalue weighted by atomic mass is 10.2. The van der Waals surface area contributed by atoms with E-state index in [0.29, 0.717) is 23.8 Å². The average Bonchev–Trinajstić information content (AvgIpc) is 3.46. The minimum atomic E-state index is -1.80. The first-order valence-corrected chi connectivity index (χ1v) is 9.75. The molecule has 0 radical (unpaired) electrons. The second-order valence-electron chi connectivity index (χ2n) is 7.54. The van der Waals surface area contributed by atoms with Crippen LogP contribution in [0.25, 0.3) is 16.7 Å². The zero-order valence-electron chi connectivity index (χ0n) is 16.3. The van der Waals surface area contributed by atoms with Crippen LogP contribution in [0.15, 0.2) is 30.5 Å². The monoisotopic (exact) mass is 414 g/mol. The number of hydrogen-bond donors (Lipinski definition) is 1. The Morgan fingerprint density at radius 3 is 3.00 bits per heavy atom. The third-order valence-electron chi connectivity index (χ3n) is 5.45. The van der Waals surface area contributed by atoms with Crippen LogP contribution in [0.5, 0.6) is 0 Å². The van der Waals surface area contributed by atoms with Gasteiger partial charge >= 0.3 is 0 Å². The van der Waals surface area contributed by atoms with E-state index in [4.69, 9.17) is 9.84 Å². The second kappa shape index (κ2) is 7.28. The fourth-order valence-electron chi connectivity index (χ4n) is 4.10. The fraction of sp³-hybridized carbons (Fsp3) is 0.400. The van der Waals surface area contributed by atoms with Crippen molar-refractivity contribution in [2.24, 2.45) is 0 Å². The van der Waals surface area contributed by atoms with E-state index in [1.54, 1.807) is 29.1 Å². The highest BCUT2D eigenvalue weighted by atomic mass is 19.2. The molecule has 8 nitrogen and oxygen atoms in total. The number of pyridine rings is 2. The molecule has 3 atom stereocenters. The number of nitrogens with one attached hydrogen (secondary N) is 1. The molecule has 10 heteroatoms. The minimum absolute atomic E-state index is 0.00460. The molecule has 0 saturated carbocycles. The fourth-order valence-corrected chi connectivity index (χ4v) is 4.10. The molecule has 156 valence electrons. The summed E-state index contributed by atoms with van der Waals surface area (Å²) in [7, 11) is 0. The Morgan fingerprint density at radius 2 is 2.30 bits per heavy atom. The highest BCUT2D eigenvalue weighted by molar-refractivity contribution is 5.95. The van der Waals surface area contributed by atoms with Gasteiger partial charge in [-0.05, 0) is 18.6 Å². The maximum Gasteiger partial charge on any atom is 0.222 e. The van der Waals surface area contributed by atoms with E-state index in [2.05, 4.69) is 20.2 Å². The van der Waals surface area contributed by atoms with Crippen LogP contribution in [0.1, 0.15) is 25.2 Å². The molecule has 0 aromatic carbocycles. The number of morpholine rings is 1. The van der Waals surface area contributed by atoms with Crippen LogP contribution >= 0.6 is 0 Å². The largest absolute Gasteiger partial charge is 0.374 e. The number of amides is 1. The number of carbonyl (C=O) groups excluding carboxylic acids is 1. The molecule has 2 fully saturated rings. The number of fused-ring (bicyclic) bond motifs is 3. The summed E-state index contributed by atoms with van der Waals surface area (Å²) in [5.41, 5.74) is 0.665. The molecule has 5 rings (SSSR count). The van der Waals surface area contributed by atoms with Crippen molar-refractivity contribution >= 4 is 28.4 Å². The Balaban J connectivity index is 1.65. The number of rotatable bonds is 5. The SMILES string of the molecule is CC(=O)Nc1cc2c(cn1)c(N1CC3CC1CO3)nn2-c1cccc(C(F)CF)n1. The lowest BCUT2D eigenvalue weighted by Gasteiger charge is -2.26. The van der Waals surface area contributed by atoms with Crippen molar-refractivity contribution in [3.63, 3.8) is 0 Å². The Morgan fingerprint density at radius 1 is 1.43 bits per heavy atom. The van der Waals surface area contributed by atoms with Crippen molar-refractivity contribution in [1.82, 2.24) is 19.7 Å². The minimum Gasteiger partial charge on any atom is -0.374 e. The third kappa shape index (κ3) is 3.17. The van der Waals surface area contributed by atoms with E-state index in [1.807, 2.05) is 0 Å². The number of halogens is 2. The highest BCUT2D eigenvalue weighted by Crippen LogP contribution is 2.37. The molecule has 3 unspecified atom stereocenters. The van der Waals surface area contributed by atoms with Gasteiger partial charge in [0.25, 0.3) is 0 Å². The van der Waals surface area contributed by atoms with Crippen LogP contribution in [-0.4, -0.2) is 57.6 Å². The van der Waals surface area contributed by atoms with E-state index in [-0.39, 0.29) is 23.7 Å². The standard InChI is InChI=1S/C20H20F2N6O2/c1-11(29)24-18-6-17-14(8-23-18)20(27-9-13-5-12(27)10-30-13)26-28(17)19-4-2-3-16(25-19)15(22)7-21/h2-4,6,8,12-13,15H,5,7,9-10H2,1H3,(H,23,24,29). The molecule has 1 N–H and O–H groups in total. The number of aromatic nitrogens is 4. The summed E-state index contributed by atoms with van der Waals surface area (Å²) >= 11 is 0. The van der Waals surface area contributed by atoms with Crippen LogP contribution in [-0.2, 0) is 9.53 Å². The molecule has 2 aliphatic rings. The first-order chi connectivity index (χ1) is 14.5. The highest BCUT2D eigenvalue weighted by Gasteiger charge is 2.41. The molecular formula is C20H20F2N6O2. The van der Waals surface area contributed by atoms with Gasteiger partial charge in [-0.1, -0.05) is 6.07 Å². The number of hydrogen-bond acceptors (Lipinski definition) is 6. The van der Waals surface area contributed by atoms with E-state index >= 15 is 0 Å². The van der Waals surface area contributed by atoms with Gasteiger partial charge in [-0.3, -0.25) is 4.79 Å². The molecule has 0 spiro atoms. The molecule has 2 aliphatic heterocycles. The average molecular weight is 414 g/mol. The van der Waals surface area contributed by atoms with E-state index in [1.165, 1.54) is 13.0 Å². The normalized spacial score (nSPS) is 21.4. The van der Waals surface area contributed by atoms with E-state index in [0.717, 1.165) is 24.2 Å². The van der Waals surface area contributed by atoms with Crippen LogP contribution in [0.4, 0.5) is 20.4 Å². The summed E-state index contributed by atoms with van der Waals surface area (Å²) in [6, 6.07) is 6.69. The Bertz CT molecular complexity index is 1120. The molecule has 3 aromatic heterocycles. The van der Waals surface area contributed by atoms with Crippen molar-refractivity contribution in [1.29, 1.82) is 0 Å². The molecule has 1 amide bonds. The predicted octanol–water partition coefficient (Wildman–Crippen LogP) is 2.73. The topological polar surface area (TPSA) is 85.2 Å².